The van der Waals surface area contributed by atoms with Crippen LogP contribution in [0.1, 0.15) is 20.3 Å². The lowest BCUT2D eigenvalue weighted by Gasteiger charge is -2.37. The van der Waals surface area contributed by atoms with Crippen LogP contribution in [0.4, 0.5) is 0 Å². The Hall–Kier alpha value is -0.130. The zero-order valence-electron chi connectivity index (χ0n) is 10.1. The number of nitrogens with zero attached hydrogens (tertiary/aromatic N) is 1. The summed E-state index contributed by atoms with van der Waals surface area (Å²) in [5.41, 5.74) is 5.59. The molecule has 5 heteroatoms. The molecule has 0 aromatic rings. The van der Waals surface area contributed by atoms with E-state index in [-0.39, 0.29) is 11.3 Å². The van der Waals surface area contributed by atoms with Gasteiger partial charge in [0.1, 0.15) is 0 Å². The van der Waals surface area contributed by atoms with Gasteiger partial charge in [0.25, 0.3) is 0 Å². The SMILES string of the molecule is CC1CN(C2(CN)CCS(=O)(=O)C2)CC1C. The van der Waals surface area contributed by atoms with Crippen LogP contribution in [0.3, 0.4) is 0 Å². The van der Waals surface area contributed by atoms with Crippen LogP contribution in [-0.2, 0) is 9.84 Å². The lowest BCUT2D eigenvalue weighted by molar-refractivity contribution is 0.142. The van der Waals surface area contributed by atoms with Crippen LogP contribution in [0.2, 0.25) is 0 Å². The maximum Gasteiger partial charge on any atom is 0.152 e. The average molecular weight is 246 g/mol. The van der Waals surface area contributed by atoms with E-state index in [1.165, 1.54) is 0 Å². The second-order valence-electron chi connectivity index (χ2n) is 5.63. The monoisotopic (exact) mass is 246 g/mol. The first kappa shape index (κ1) is 12.3. The van der Waals surface area contributed by atoms with E-state index in [1.807, 2.05) is 0 Å². The number of sulfone groups is 1. The zero-order chi connectivity index (χ0) is 12.0. The predicted molar refractivity (Wildman–Crippen MR) is 65.0 cm³/mol. The molecule has 0 aromatic carbocycles. The first-order chi connectivity index (χ1) is 7.38. The molecule has 16 heavy (non-hydrogen) atoms. The van der Waals surface area contributed by atoms with Gasteiger partial charge < -0.3 is 5.73 Å². The molecule has 2 rings (SSSR count). The molecule has 4 nitrogen and oxygen atoms in total. The van der Waals surface area contributed by atoms with Gasteiger partial charge in [-0.15, -0.1) is 0 Å². The van der Waals surface area contributed by atoms with Gasteiger partial charge in [0.2, 0.25) is 0 Å². The second kappa shape index (κ2) is 3.96. The van der Waals surface area contributed by atoms with Crippen molar-refractivity contribution in [2.75, 3.05) is 31.1 Å². The molecular weight excluding hydrogens is 224 g/mol. The second-order valence-corrected chi connectivity index (χ2v) is 7.81. The van der Waals surface area contributed by atoms with Crippen molar-refractivity contribution in [2.45, 2.75) is 25.8 Å². The Balaban J connectivity index is 2.18. The summed E-state index contributed by atoms with van der Waals surface area (Å²) in [4.78, 5) is 2.33. The van der Waals surface area contributed by atoms with E-state index in [2.05, 4.69) is 18.7 Å². The van der Waals surface area contributed by atoms with E-state index < -0.39 is 9.84 Å². The molecule has 2 fully saturated rings. The third kappa shape index (κ3) is 2.00. The van der Waals surface area contributed by atoms with Crippen LogP contribution in [0.25, 0.3) is 0 Å². The Bertz CT molecular complexity index is 358. The van der Waals surface area contributed by atoms with Crippen molar-refractivity contribution >= 4 is 9.84 Å². The fraction of sp³-hybridized carbons (Fsp3) is 1.00. The molecule has 0 spiro atoms. The number of rotatable bonds is 2. The van der Waals surface area contributed by atoms with E-state index in [0.29, 0.717) is 30.6 Å². The number of nitrogens with two attached hydrogens (primary N) is 1. The maximum atomic E-state index is 11.6. The summed E-state index contributed by atoms with van der Waals surface area (Å²) in [5, 5.41) is 0. The minimum Gasteiger partial charge on any atom is -0.329 e. The van der Waals surface area contributed by atoms with Crippen LogP contribution >= 0.6 is 0 Å². The Labute approximate surface area is 98.1 Å². The Morgan fingerprint density at radius 3 is 2.25 bits per heavy atom. The van der Waals surface area contributed by atoms with Gasteiger partial charge in [-0.2, -0.15) is 0 Å². The molecule has 2 N–H and O–H groups in total. The van der Waals surface area contributed by atoms with E-state index in [1.54, 1.807) is 0 Å². The minimum atomic E-state index is -2.86. The quantitative estimate of drug-likeness (QED) is 0.750. The summed E-state index contributed by atoms with van der Waals surface area (Å²) < 4.78 is 23.3. The smallest absolute Gasteiger partial charge is 0.152 e. The highest BCUT2D eigenvalue weighted by Gasteiger charge is 2.48. The molecule has 2 aliphatic heterocycles. The maximum absolute atomic E-state index is 11.6. The van der Waals surface area contributed by atoms with Gasteiger partial charge in [-0.3, -0.25) is 4.90 Å². The first-order valence-corrected chi connectivity index (χ1v) is 7.86. The number of hydrogen-bond donors (Lipinski definition) is 1. The molecule has 2 aliphatic rings. The molecule has 0 amide bonds. The Morgan fingerprint density at radius 1 is 1.31 bits per heavy atom. The largest absolute Gasteiger partial charge is 0.329 e. The highest BCUT2D eigenvalue weighted by Crippen LogP contribution is 2.35. The third-order valence-electron chi connectivity index (χ3n) is 4.41. The minimum absolute atomic E-state index is 0.260. The van der Waals surface area contributed by atoms with E-state index in [0.717, 1.165) is 13.1 Å². The van der Waals surface area contributed by atoms with Gasteiger partial charge in [-0.1, -0.05) is 13.8 Å². The average Bonchev–Trinajstić information content (AvgIpc) is 2.70. The highest BCUT2D eigenvalue weighted by atomic mass is 32.2. The highest BCUT2D eigenvalue weighted by molar-refractivity contribution is 7.91. The molecular formula is C11H22N2O2S. The standard InChI is InChI=1S/C11H22N2O2S/c1-9-5-13(6-10(9)2)11(7-12)3-4-16(14,15)8-11/h9-10H,3-8,12H2,1-2H3. The van der Waals surface area contributed by atoms with Crippen LogP contribution in [-0.4, -0.2) is 50.0 Å². The van der Waals surface area contributed by atoms with Crippen molar-refractivity contribution in [1.82, 2.24) is 4.90 Å². The van der Waals surface area contributed by atoms with E-state index in [9.17, 15) is 8.42 Å². The van der Waals surface area contributed by atoms with Crippen molar-refractivity contribution in [3.63, 3.8) is 0 Å². The summed E-state index contributed by atoms with van der Waals surface area (Å²) in [7, 11) is -2.86. The van der Waals surface area contributed by atoms with Crippen LogP contribution < -0.4 is 5.73 Å². The van der Waals surface area contributed by atoms with Gasteiger partial charge in [-0.05, 0) is 18.3 Å². The molecule has 0 saturated carbocycles. The van der Waals surface area contributed by atoms with Gasteiger partial charge in [0.15, 0.2) is 9.84 Å². The van der Waals surface area contributed by atoms with Gasteiger partial charge >= 0.3 is 0 Å². The summed E-state index contributed by atoms with van der Waals surface area (Å²) in [5.74, 6) is 1.86. The lowest BCUT2D eigenvalue weighted by atomic mass is 9.97. The van der Waals surface area contributed by atoms with Crippen LogP contribution in [0.15, 0.2) is 0 Å². The normalized spacial score (nSPS) is 43.9. The third-order valence-corrected chi connectivity index (χ3v) is 6.21. The molecule has 2 saturated heterocycles. The van der Waals surface area contributed by atoms with Gasteiger partial charge in [-0.25, -0.2) is 8.42 Å². The Morgan fingerprint density at radius 2 is 1.88 bits per heavy atom. The molecule has 94 valence electrons. The van der Waals surface area contributed by atoms with Gasteiger partial charge in [0, 0.05) is 25.2 Å². The number of likely N-dealkylation sites (tertiary alicyclic amines) is 1. The lowest BCUT2D eigenvalue weighted by Crippen LogP contribution is -2.54. The van der Waals surface area contributed by atoms with Crippen molar-refractivity contribution in [3.8, 4) is 0 Å². The topological polar surface area (TPSA) is 63.4 Å². The van der Waals surface area contributed by atoms with Gasteiger partial charge in [0.05, 0.1) is 11.5 Å². The summed E-state index contributed by atoms with van der Waals surface area (Å²) in [6.07, 6.45) is 0.714. The fourth-order valence-electron chi connectivity index (χ4n) is 2.96. The summed E-state index contributed by atoms with van der Waals surface area (Å²) >= 11 is 0. The van der Waals surface area contributed by atoms with Crippen LogP contribution in [0.5, 0.6) is 0 Å². The molecule has 0 radical (unpaired) electrons. The summed E-state index contributed by atoms with van der Waals surface area (Å²) in [6, 6.07) is 0. The zero-order valence-corrected chi connectivity index (χ0v) is 11.0. The van der Waals surface area contributed by atoms with Crippen molar-refractivity contribution in [2.24, 2.45) is 17.6 Å². The number of hydrogen-bond acceptors (Lipinski definition) is 4. The molecule has 0 bridgehead atoms. The van der Waals surface area contributed by atoms with E-state index in [4.69, 9.17) is 5.73 Å². The molecule has 3 unspecified atom stereocenters. The predicted octanol–water partition coefficient (Wildman–Crippen LogP) is 0.0902. The summed E-state index contributed by atoms with van der Waals surface area (Å²) in [6.45, 7) is 6.92. The van der Waals surface area contributed by atoms with Crippen molar-refractivity contribution in [3.05, 3.63) is 0 Å². The molecule has 3 atom stereocenters. The molecule has 2 heterocycles. The van der Waals surface area contributed by atoms with E-state index >= 15 is 0 Å². The molecule has 0 aromatic heterocycles. The Kier molecular flexibility index (Phi) is 3.05. The van der Waals surface area contributed by atoms with Crippen LogP contribution in [0, 0.1) is 11.8 Å². The molecule has 0 aliphatic carbocycles. The van der Waals surface area contributed by atoms with Crippen molar-refractivity contribution in [1.29, 1.82) is 0 Å². The fourth-order valence-corrected chi connectivity index (χ4v) is 5.05. The first-order valence-electron chi connectivity index (χ1n) is 6.04. The van der Waals surface area contributed by atoms with Crippen molar-refractivity contribution < 1.29 is 8.42 Å².